The van der Waals surface area contributed by atoms with E-state index in [4.69, 9.17) is 9.15 Å². The molecule has 0 saturated carbocycles. The van der Waals surface area contributed by atoms with E-state index < -0.39 is 0 Å². The van der Waals surface area contributed by atoms with E-state index in [1.165, 1.54) is 7.11 Å². The van der Waals surface area contributed by atoms with Crippen LogP contribution in [0.15, 0.2) is 21.7 Å². The lowest BCUT2D eigenvalue weighted by Crippen LogP contribution is -2.46. The maximum Gasteiger partial charge on any atom is 0.409 e. The van der Waals surface area contributed by atoms with E-state index in [-0.39, 0.29) is 6.09 Å². The largest absolute Gasteiger partial charge is 0.458 e. The molecule has 0 unspecified atom stereocenters. The highest BCUT2D eigenvalue weighted by atomic mass is 16.5. The van der Waals surface area contributed by atoms with Gasteiger partial charge in [0.15, 0.2) is 0 Å². The molecule has 110 valence electrons. The van der Waals surface area contributed by atoms with Crippen LogP contribution in [-0.2, 0) is 16.1 Å². The van der Waals surface area contributed by atoms with Crippen LogP contribution in [0.25, 0.3) is 0 Å². The highest BCUT2D eigenvalue weighted by Crippen LogP contribution is 2.08. The molecule has 1 amide bonds. The average molecular weight is 281 g/mol. The van der Waals surface area contributed by atoms with E-state index in [0.29, 0.717) is 38.5 Å². The van der Waals surface area contributed by atoms with Gasteiger partial charge in [-0.25, -0.2) is 4.79 Å². The molecule has 1 fully saturated rings. The average Bonchev–Trinajstić information content (AvgIpc) is 2.93. The molecule has 0 N–H and O–H groups in total. The van der Waals surface area contributed by atoms with Crippen LogP contribution >= 0.6 is 0 Å². The Morgan fingerprint density at radius 3 is 2.75 bits per heavy atom. The van der Waals surface area contributed by atoms with Gasteiger partial charge in [-0.3, -0.25) is 5.01 Å². The maximum absolute atomic E-state index is 11.3. The zero-order chi connectivity index (χ0) is 14.4. The van der Waals surface area contributed by atoms with Gasteiger partial charge in [0.25, 0.3) is 0 Å². The number of ether oxygens (including phenoxy) is 2. The van der Waals surface area contributed by atoms with Gasteiger partial charge in [-0.15, -0.1) is 0 Å². The number of hydrogen-bond acceptors (Lipinski definition) is 6. The Hall–Kier alpha value is -2.02. The summed E-state index contributed by atoms with van der Waals surface area (Å²) in [6, 6.07) is 3.71. The third-order valence-corrected chi connectivity index (χ3v) is 3.01. The Morgan fingerprint density at radius 2 is 2.10 bits per heavy atom. The van der Waals surface area contributed by atoms with Crippen molar-refractivity contribution < 1.29 is 18.7 Å². The van der Waals surface area contributed by atoms with Crippen LogP contribution in [0.2, 0.25) is 0 Å². The van der Waals surface area contributed by atoms with E-state index in [1.54, 1.807) is 18.2 Å². The minimum atomic E-state index is -0.288. The van der Waals surface area contributed by atoms with Crippen LogP contribution in [0.5, 0.6) is 0 Å². The minimum Gasteiger partial charge on any atom is -0.458 e. The first kappa shape index (κ1) is 14.4. The van der Waals surface area contributed by atoms with E-state index in [1.807, 2.05) is 17.1 Å². The zero-order valence-electron chi connectivity index (χ0n) is 11.7. The fraction of sp³-hybridized carbons (Fsp3) is 0.538. The van der Waals surface area contributed by atoms with Crippen molar-refractivity contribution in [1.29, 1.82) is 0 Å². The molecule has 0 radical (unpaired) electrons. The summed E-state index contributed by atoms with van der Waals surface area (Å²) >= 11 is 0. The Labute approximate surface area is 117 Å². The van der Waals surface area contributed by atoms with Crippen LogP contribution in [0, 0.1) is 0 Å². The number of nitrogens with zero attached hydrogens (tertiary/aromatic N) is 3. The van der Waals surface area contributed by atoms with Crippen molar-refractivity contribution in [3.05, 3.63) is 23.7 Å². The Kier molecular flexibility index (Phi) is 5.00. The number of furan rings is 1. The van der Waals surface area contributed by atoms with Gasteiger partial charge >= 0.3 is 6.09 Å². The summed E-state index contributed by atoms with van der Waals surface area (Å²) in [7, 11) is 3.01. The van der Waals surface area contributed by atoms with Gasteiger partial charge < -0.3 is 18.8 Å². The standard InChI is InChI=1S/C13H19N3O4/c1-18-10-12-4-3-11(20-12)9-14-16-7-5-15(6-8-16)13(17)19-2/h3-4,9H,5-8,10H2,1-2H3. The summed E-state index contributed by atoms with van der Waals surface area (Å²) in [5.41, 5.74) is 0. The van der Waals surface area contributed by atoms with Gasteiger partial charge in [-0.1, -0.05) is 0 Å². The Balaban J connectivity index is 1.82. The van der Waals surface area contributed by atoms with Crippen LogP contribution in [0.4, 0.5) is 4.79 Å². The quantitative estimate of drug-likeness (QED) is 0.774. The van der Waals surface area contributed by atoms with Gasteiger partial charge in [0.05, 0.1) is 26.4 Å². The summed E-state index contributed by atoms with van der Waals surface area (Å²) in [5.74, 6) is 1.46. The van der Waals surface area contributed by atoms with Crippen molar-refractivity contribution in [3.8, 4) is 0 Å². The lowest BCUT2D eigenvalue weighted by molar-refractivity contribution is 0.0924. The third-order valence-electron chi connectivity index (χ3n) is 3.01. The molecule has 0 bridgehead atoms. The molecule has 7 heteroatoms. The Bertz CT molecular complexity index is 464. The zero-order valence-corrected chi connectivity index (χ0v) is 11.7. The van der Waals surface area contributed by atoms with Crippen LogP contribution < -0.4 is 0 Å². The van der Waals surface area contributed by atoms with Gasteiger partial charge in [0, 0.05) is 20.2 Å². The summed E-state index contributed by atoms with van der Waals surface area (Å²) in [6.07, 6.45) is 1.39. The molecule has 1 aromatic heterocycles. The highest BCUT2D eigenvalue weighted by molar-refractivity contribution is 5.75. The molecule has 1 aromatic rings. The molecule has 1 aliphatic heterocycles. The molecule has 7 nitrogen and oxygen atoms in total. The molecule has 2 heterocycles. The fourth-order valence-corrected chi connectivity index (χ4v) is 1.95. The van der Waals surface area contributed by atoms with E-state index in [0.717, 1.165) is 5.76 Å². The number of carbonyl (C=O) groups is 1. The predicted octanol–water partition coefficient (Wildman–Crippen LogP) is 1.14. The normalized spacial score (nSPS) is 15.9. The molecule has 2 rings (SSSR count). The van der Waals surface area contributed by atoms with E-state index in [9.17, 15) is 4.79 Å². The van der Waals surface area contributed by atoms with Crippen LogP contribution in [0.1, 0.15) is 11.5 Å². The molecule has 1 aliphatic rings. The van der Waals surface area contributed by atoms with Crippen molar-refractivity contribution >= 4 is 12.3 Å². The molecule has 0 spiro atoms. The number of carbonyl (C=O) groups excluding carboxylic acids is 1. The number of hydrazone groups is 1. The summed E-state index contributed by atoms with van der Waals surface area (Å²) in [4.78, 5) is 13.0. The second-order valence-electron chi connectivity index (χ2n) is 4.39. The fourth-order valence-electron chi connectivity index (χ4n) is 1.95. The second kappa shape index (κ2) is 6.95. The Morgan fingerprint density at radius 1 is 1.35 bits per heavy atom. The molecule has 0 aliphatic carbocycles. The number of amides is 1. The SMILES string of the molecule is COCc1ccc(C=NN2CCN(C(=O)OC)CC2)o1. The first-order chi connectivity index (χ1) is 9.72. The molecular formula is C13H19N3O4. The number of hydrogen-bond donors (Lipinski definition) is 0. The molecule has 1 saturated heterocycles. The van der Waals surface area contributed by atoms with Gasteiger partial charge in [-0.2, -0.15) is 5.10 Å². The predicted molar refractivity (Wildman–Crippen MR) is 72.6 cm³/mol. The van der Waals surface area contributed by atoms with Gasteiger partial charge in [-0.05, 0) is 12.1 Å². The maximum atomic E-state index is 11.3. The summed E-state index contributed by atoms with van der Waals surface area (Å²) in [6.45, 7) is 3.02. The van der Waals surface area contributed by atoms with Crippen molar-refractivity contribution in [2.75, 3.05) is 40.4 Å². The first-order valence-electron chi connectivity index (χ1n) is 6.42. The summed E-state index contributed by atoms with van der Waals surface area (Å²) in [5, 5.41) is 6.24. The monoisotopic (exact) mass is 281 g/mol. The van der Waals surface area contributed by atoms with Crippen LogP contribution in [-0.4, -0.2) is 62.6 Å². The van der Waals surface area contributed by atoms with Crippen molar-refractivity contribution in [3.63, 3.8) is 0 Å². The van der Waals surface area contributed by atoms with Crippen molar-refractivity contribution in [2.24, 2.45) is 5.10 Å². The van der Waals surface area contributed by atoms with Gasteiger partial charge in [0.2, 0.25) is 0 Å². The lowest BCUT2D eigenvalue weighted by atomic mass is 10.4. The molecule has 0 atom stereocenters. The minimum absolute atomic E-state index is 0.288. The van der Waals surface area contributed by atoms with Crippen molar-refractivity contribution in [1.82, 2.24) is 9.91 Å². The van der Waals surface area contributed by atoms with E-state index in [2.05, 4.69) is 9.84 Å². The molecule has 20 heavy (non-hydrogen) atoms. The van der Waals surface area contributed by atoms with Gasteiger partial charge in [0.1, 0.15) is 18.1 Å². The first-order valence-corrected chi connectivity index (χ1v) is 6.42. The number of rotatable bonds is 4. The van der Waals surface area contributed by atoms with E-state index >= 15 is 0 Å². The molecular weight excluding hydrogens is 262 g/mol. The topological polar surface area (TPSA) is 67.5 Å². The third kappa shape index (κ3) is 3.74. The smallest absolute Gasteiger partial charge is 0.409 e. The lowest BCUT2D eigenvalue weighted by Gasteiger charge is -2.31. The number of methoxy groups -OCH3 is 2. The highest BCUT2D eigenvalue weighted by Gasteiger charge is 2.20. The summed E-state index contributed by atoms with van der Waals surface area (Å²) < 4.78 is 15.2. The van der Waals surface area contributed by atoms with Crippen LogP contribution in [0.3, 0.4) is 0 Å². The van der Waals surface area contributed by atoms with Crippen molar-refractivity contribution in [2.45, 2.75) is 6.61 Å². The number of piperazine rings is 1. The molecule has 0 aromatic carbocycles. The second-order valence-corrected chi connectivity index (χ2v) is 4.39.